The first kappa shape index (κ1) is 22.4. The van der Waals surface area contributed by atoms with Crippen molar-refractivity contribution in [3.63, 3.8) is 0 Å². The van der Waals surface area contributed by atoms with Crippen molar-refractivity contribution < 1.29 is 38.3 Å². The Kier molecular flexibility index (Phi) is 7.03. The maximum absolute atomic E-state index is 10.4. The lowest BCUT2D eigenvalue weighted by Crippen LogP contribution is -3.00. The van der Waals surface area contributed by atoms with Crippen LogP contribution in [0.2, 0.25) is 0 Å². The molecule has 5 rings (SSSR count). The summed E-state index contributed by atoms with van der Waals surface area (Å²) in [6.45, 7) is 7.56. The molecule has 0 saturated heterocycles. The highest BCUT2D eigenvalue weighted by Gasteiger charge is 2.51. The van der Waals surface area contributed by atoms with Gasteiger partial charge in [0.1, 0.15) is 25.0 Å². The number of nitrogens with zero attached hydrogens (tertiary/aromatic N) is 1. The lowest BCUT2D eigenvalue weighted by molar-refractivity contribution is -0.909. The largest absolute Gasteiger partial charge is 1.00 e. The minimum absolute atomic E-state index is 0. The number of likely N-dealkylation sites (N-methyl/N-ethyl adjacent to an activating group) is 1. The van der Waals surface area contributed by atoms with Crippen molar-refractivity contribution in [3.05, 3.63) is 29.8 Å². The fourth-order valence-corrected chi connectivity index (χ4v) is 6.60. The van der Waals surface area contributed by atoms with Gasteiger partial charge in [-0.25, -0.2) is 0 Å². The number of rotatable bonds is 8. The molecular weight excluding hydrogens is 461 g/mol. The first-order valence-corrected chi connectivity index (χ1v) is 11.2. The monoisotopic (exact) mass is 499 g/mol. The van der Waals surface area contributed by atoms with Gasteiger partial charge in [-0.3, -0.25) is 0 Å². The number of halogens is 1. The van der Waals surface area contributed by atoms with E-state index in [1.54, 1.807) is 0 Å². The summed E-state index contributed by atoms with van der Waals surface area (Å²) in [4.78, 5) is 0. The SMILES string of the molecule is CC[N+](C)(CC)CC(O)COc1ccc(C23CC4CC(CC(C4)C2)C3)cc1.[I-]. The molecule has 1 aromatic carbocycles. The highest BCUT2D eigenvalue weighted by molar-refractivity contribution is 5.34. The molecular formula is C24H38INO2. The van der Waals surface area contributed by atoms with Gasteiger partial charge in [0.15, 0.2) is 0 Å². The molecule has 0 amide bonds. The summed E-state index contributed by atoms with van der Waals surface area (Å²) in [5.74, 6) is 3.83. The molecule has 4 aliphatic carbocycles. The molecule has 1 unspecified atom stereocenters. The summed E-state index contributed by atoms with van der Waals surface area (Å²) in [5, 5.41) is 10.4. The number of quaternary nitrogens is 1. The minimum Gasteiger partial charge on any atom is -1.00 e. The average Bonchev–Trinajstić information content (AvgIpc) is 2.65. The molecule has 3 nitrogen and oxygen atoms in total. The van der Waals surface area contributed by atoms with Crippen molar-refractivity contribution in [2.24, 2.45) is 17.8 Å². The molecule has 0 aromatic heterocycles. The Labute approximate surface area is 188 Å². The topological polar surface area (TPSA) is 29.5 Å². The second kappa shape index (κ2) is 8.81. The predicted octanol–water partition coefficient (Wildman–Crippen LogP) is 1.38. The van der Waals surface area contributed by atoms with E-state index in [-0.39, 0.29) is 24.0 Å². The molecule has 0 aliphatic heterocycles. The van der Waals surface area contributed by atoms with Crippen LogP contribution in [-0.4, -0.2) is 49.0 Å². The van der Waals surface area contributed by atoms with Crippen LogP contribution < -0.4 is 28.7 Å². The predicted molar refractivity (Wildman–Crippen MR) is 110 cm³/mol. The molecule has 4 aliphatic rings. The number of aliphatic hydroxyl groups is 1. The van der Waals surface area contributed by atoms with Crippen LogP contribution in [0.1, 0.15) is 57.9 Å². The molecule has 0 spiro atoms. The normalized spacial score (nSPS) is 32.1. The molecule has 4 bridgehead atoms. The van der Waals surface area contributed by atoms with E-state index in [0.29, 0.717) is 12.0 Å². The molecule has 158 valence electrons. The molecule has 4 saturated carbocycles. The number of ether oxygens (including phenoxy) is 1. The van der Waals surface area contributed by atoms with Crippen LogP contribution in [0.5, 0.6) is 5.75 Å². The molecule has 0 heterocycles. The number of hydrogen-bond donors (Lipinski definition) is 1. The van der Waals surface area contributed by atoms with Crippen LogP contribution in [0.4, 0.5) is 0 Å². The van der Waals surface area contributed by atoms with Gasteiger partial charge in [-0.2, -0.15) is 0 Å². The first-order valence-electron chi connectivity index (χ1n) is 11.2. The third-order valence-corrected chi connectivity index (χ3v) is 8.13. The van der Waals surface area contributed by atoms with Crippen LogP contribution >= 0.6 is 0 Å². The van der Waals surface area contributed by atoms with Gasteiger partial charge in [-0.1, -0.05) is 12.1 Å². The van der Waals surface area contributed by atoms with Crippen LogP contribution in [0.25, 0.3) is 0 Å². The van der Waals surface area contributed by atoms with Gasteiger partial charge in [0.25, 0.3) is 0 Å². The maximum atomic E-state index is 10.4. The summed E-state index contributed by atoms with van der Waals surface area (Å²) in [6.07, 6.45) is 8.27. The van der Waals surface area contributed by atoms with Crippen LogP contribution in [0.3, 0.4) is 0 Å². The van der Waals surface area contributed by atoms with E-state index in [1.807, 2.05) is 0 Å². The highest BCUT2D eigenvalue weighted by atomic mass is 127. The molecule has 4 fully saturated rings. The molecule has 1 aromatic rings. The third-order valence-electron chi connectivity index (χ3n) is 8.13. The van der Waals surface area contributed by atoms with E-state index in [9.17, 15) is 5.11 Å². The lowest BCUT2D eigenvalue weighted by atomic mass is 9.48. The molecule has 1 N–H and O–H groups in total. The summed E-state index contributed by atoms with van der Waals surface area (Å²) >= 11 is 0. The summed E-state index contributed by atoms with van der Waals surface area (Å²) in [7, 11) is 2.20. The first-order chi connectivity index (χ1) is 12.9. The van der Waals surface area contributed by atoms with E-state index < -0.39 is 6.10 Å². The Morgan fingerprint density at radius 2 is 1.50 bits per heavy atom. The van der Waals surface area contributed by atoms with Crippen molar-refractivity contribution in [2.75, 3.05) is 33.3 Å². The average molecular weight is 499 g/mol. The zero-order valence-corrected chi connectivity index (χ0v) is 20.0. The van der Waals surface area contributed by atoms with Gasteiger partial charge >= 0.3 is 0 Å². The van der Waals surface area contributed by atoms with Crippen LogP contribution in [0.15, 0.2) is 24.3 Å². The zero-order chi connectivity index (χ0) is 19.1. The van der Waals surface area contributed by atoms with Crippen molar-refractivity contribution in [3.8, 4) is 5.75 Å². The zero-order valence-electron chi connectivity index (χ0n) is 17.9. The summed E-state index contributed by atoms with van der Waals surface area (Å²) in [5.41, 5.74) is 1.99. The van der Waals surface area contributed by atoms with E-state index in [1.165, 1.54) is 44.1 Å². The van der Waals surface area contributed by atoms with Gasteiger partial charge in [-0.15, -0.1) is 0 Å². The van der Waals surface area contributed by atoms with Crippen LogP contribution in [0, 0.1) is 17.8 Å². The fourth-order valence-electron chi connectivity index (χ4n) is 6.60. The van der Waals surface area contributed by atoms with Gasteiger partial charge in [0, 0.05) is 0 Å². The second-order valence-corrected chi connectivity index (χ2v) is 10.1. The Morgan fingerprint density at radius 1 is 1.00 bits per heavy atom. The van der Waals surface area contributed by atoms with Gasteiger partial charge < -0.3 is 38.3 Å². The molecule has 1 atom stereocenters. The van der Waals surface area contributed by atoms with E-state index in [2.05, 4.69) is 45.2 Å². The fraction of sp³-hybridized carbons (Fsp3) is 0.750. The smallest absolute Gasteiger partial charge is 0.137 e. The van der Waals surface area contributed by atoms with Gasteiger partial charge in [-0.05, 0) is 93.2 Å². The van der Waals surface area contributed by atoms with Crippen molar-refractivity contribution in [1.29, 1.82) is 0 Å². The quantitative estimate of drug-likeness (QED) is 0.433. The standard InChI is InChI=1S/C24H38NO2.HI/c1-4-25(3,5-2)16-22(26)17-27-23-8-6-21(7-9-23)24-13-18-10-19(14-24)12-20(11-18)15-24;/h6-9,18-20,22,26H,4-5,10-17H2,1-3H3;1H/q+1;/p-1. The Morgan fingerprint density at radius 3 is 1.96 bits per heavy atom. The minimum atomic E-state index is -0.419. The van der Waals surface area contributed by atoms with E-state index in [0.717, 1.165) is 47.6 Å². The van der Waals surface area contributed by atoms with E-state index in [4.69, 9.17) is 4.74 Å². The van der Waals surface area contributed by atoms with Crippen molar-refractivity contribution >= 4 is 0 Å². The van der Waals surface area contributed by atoms with E-state index >= 15 is 0 Å². The van der Waals surface area contributed by atoms with Crippen molar-refractivity contribution in [1.82, 2.24) is 0 Å². The lowest BCUT2D eigenvalue weighted by Gasteiger charge is -2.57. The van der Waals surface area contributed by atoms with Crippen molar-refractivity contribution in [2.45, 2.75) is 63.9 Å². The second-order valence-electron chi connectivity index (χ2n) is 10.1. The van der Waals surface area contributed by atoms with Gasteiger partial charge in [0.2, 0.25) is 0 Å². The number of benzene rings is 1. The van der Waals surface area contributed by atoms with Crippen LogP contribution in [-0.2, 0) is 5.41 Å². The molecule has 28 heavy (non-hydrogen) atoms. The Balaban J connectivity index is 0.00000225. The molecule has 4 heteroatoms. The molecule has 0 radical (unpaired) electrons. The third kappa shape index (κ3) is 4.54. The summed E-state index contributed by atoms with van der Waals surface area (Å²) in [6, 6.07) is 8.89. The maximum Gasteiger partial charge on any atom is 0.137 e. The van der Waals surface area contributed by atoms with Gasteiger partial charge in [0.05, 0.1) is 20.1 Å². The number of hydrogen-bond acceptors (Lipinski definition) is 2. The summed E-state index contributed by atoms with van der Waals surface area (Å²) < 4.78 is 6.80. The Hall–Kier alpha value is -0.330. The Bertz CT molecular complexity index is 605. The highest BCUT2D eigenvalue weighted by Crippen LogP contribution is 2.60. The number of aliphatic hydroxyl groups excluding tert-OH is 1.